The molecule has 1 heterocycles. The third kappa shape index (κ3) is 4.42. The van der Waals surface area contributed by atoms with Crippen molar-refractivity contribution in [1.29, 1.82) is 0 Å². The van der Waals surface area contributed by atoms with Crippen LogP contribution in [0.4, 0.5) is 5.82 Å². The zero-order valence-electron chi connectivity index (χ0n) is 11.7. The molecule has 2 aromatic rings. The number of rotatable bonds is 3. The molecule has 0 aliphatic rings. The second-order valence-corrected chi connectivity index (χ2v) is 5.05. The number of nitrogens with zero attached hydrogens (tertiary/aromatic N) is 1. The number of aliphatic hydroxyl groups is 1. The fourth-order valence-corrected chi connectivity index (χ4v) is 1.65. The Hall–Kier alpha value is -2.31. The summed E-state index contributed by atoms with van der Waals surface area (Å²) >= 11 is 0. The standard InChI is InChI=1S/C17H18N2O/c1-17(2,20)11-10-15-9-6-12-18-16(15)19-13-14-7-4-3-5-8-14/h3-9,12,20H,13H2,1-2H3,(H,18,19). The minimum Gasteiger partial charge on any atom is -0.378 e. The van der Waals surface area contributed by atoms with Gasteiger partial charge in [0.05, 0.1) is 5.56 Å². The zero-order valence-corrected chi connectivity index (χ0v) is 11.7. The van der Waals surface area contributed by atoms with Gasteiger partial charge in [-0.15, -0.1) is 0 Å². The summed E-state index contributed by atoms with van der Waals surface area (Å²) in [6, 6.07) is 13.8. The molecule has 0 saturated carbocycles. The van der Waals surface area contributed by atoms with E-state index in [1.54, 1.807) is 20.0 Å². The predicted molar refractivity (Wildman–Crippen MR) is 81.2 cm³/mol. The average molecular weight is 266 g/mol. The summed E-state index contributed by atoms with van der Waals surface area (Å²) in [4.78, 5) is 4.30. The van der Waals surface area contributed by atoms with E-state index in [1.165, 1.54) is 5.56 Å². The van der Waals surface area contributed by atoms with Gasteiger partial charge in [-0.25, -0.2) is 4.98 Å². The molecule has 102 valence electrons. The summed E-state index contributed by atoms with van der Waals surface area (Å²) in [6.07, 6.45) is 1.72. The Balaban J connectivity index is 2.14. The smallest absolute Gasteiger partial charge is 0.141 e. The van der Waals surface area contributed by atoms with Crippen LogP contribution in [0.25, 0.3) is 0 Å². The van der Waals surface area contributed by atoms with Crippen LogP contribution >= 0.6 is 0 Å². The Morgan fingerprint density at radius 3 is 2.60 bits per heavy atom. The highest BCUT2D eigenvalue weighted by Gasteiger charge is 2.07. The van der Waals surface area contributed by atoms with Crippen molar-refractivity contribution < 1.29 is 5.11 Å². The molecular weight excluding hydrogens is 248 g/mol. The Morgan fingerprint density at radius 2 is 1.90 bits per heavy atom. The van der Waals surface area contributed by atoms with E-state index in [4.69, 9.17) is 0 Å². The third-order valence-corrected chi connectivity index (χ3v) is 2.61. The van der Waals surface area contributed by atoms with Crippen molar-refractivity contribution in [1.82, 2.24) is 4.98 Å². The lowest BCUT2D eigenvalue weighted by molar-refractivity contribution is 0.143. The third-order valence-electron chi connectivity index (χ3n) is 2.61. The molecule has 0 radical (unpaired) electrons. The maximum atomic E-state index is 9.66. The molecule has 0 atom stereocenters. The molecule has 0 saturated heterocycles. The van der Waals surface area contributed by atoms with Crippen molar-refractivity contribution in [2.45, 2.75) is 26.0 Å². The molecule has 0 fully saturated rings. The van der Waals surface area contributed by atoms with Crippen molar-refractivity contribution in [3.63, 3.8) is 0 Å². The van der Waals surface area contributed by atoms with E-state index in [-0.39, 0.29) is 0 Å². The van der Waals surface area contributed by atoms with E-state index in [9.17, 15) is 5.11 Å². The number of pyridine rings is 1. The molecule has 0 amide bonds. The lowest BCUT2D eigenvalue weighted by atomic mass is 10.1. The van der Waals surface area contributed by atoms with Gasteiger partial charge in [-0.3, -0.25) is 0 Å². The molecule has 0 aliphatic carbocycles. The van der Waals surface area contributed by atoms with E-state index in [0.29, 0.717) is 6.54 Å². The number of hydrogen-bond acceptors (Lipinski definition) is 3. The number of hydrogen-bond donors (Lipinski definition) is 2. The lowest BCUT2D eigenvalue weighted by Crippen LogP contribution is -2.14. The minimum absolute atomic E-state index is 0.690. The van der Waals surface area contributed by atoms with Crippen LogP contribution < -0.4 is 5.32 Å². The molecule has 0 unspecified atom stereocenters. The van der Waals surface area contributed by atoms with Crippen LogP contribution in [0.15, 0.2) is 48.7 Å². The molecule has 2 rings (SSSR count). The number of nitrogens with one attached hydrogen (secondary N) is 1. The van der Waals surface area contributed by atoms with Crippen LogP contribution in [0.1, 0.15) is 25.0 Å². The molecule has 0 aliphatic heterocycles. The molecule has 1 aromatic heterocycles. The molecule has 3 heteroatoms. The highest BCUT2D eigenvalue weighted by Crippen LogP contribution is 2.12. The van der Waals surface area contributed by atoms with Crippen molar-refractivity contribution in [3.8, 4) is 11.8 Å². The van der Waals surface area contributed by atoms with Crippen LogP contribution in [-0.4, -0.2) is 15.7 Å². The number of aromatic nitrogens is 1. The maximum Gasteiger partial charge on any atom is 0.141 e. The summed E-state index contributed by atoms with van der Waals surface area (Å²) in [5, 5.41) is 12.9. The molecule has 1 aromatic carbocycles. The molecule has 0 spiro atoms. The largest absolute Gasteiger partial charge is 0.378 e. The highest BCUT2D eigenvalue weighted by atomic mass is 16.3. The summed E-state index contributed by atoms with van der Waals surface area (Å²) in [5.41, 5.74) is 0.956. The van der Waals surface area contributed by atoms with Gasteiger partial charge < -0.3 is 10.4 Å². The van der Waals surface area contributed by atoms with E-state index < -0.39 is 5.60 Å². The second-order valence-electron chi connectivity index (χ2n) is 5.05. The molecule has 20 heavy (non-hydrogen) atoms. The van der Waals surface area contributed by atoms with Crippen LogP contribution in [0.3, 0.4) is 0 Å². The first-order valence-electron chi connectivity index (χ1n) is 6.53. The van der Waals surface area contributed by atoms with Gasteiger partial charge >= 0.3 is 0 Å². The first kappa shape index (κ1) is 14.1. The van der Waals surface area contributed by atoms with Gasteiger partial charge in [0.2, 0.25) is 0 Å². The van der Waals surface area contributed by atoms with Crippen molar-refractivity contribution in [2.75, 3.05) is 5.32 Å². The summed E-state index contributed by atoms with van der Waals surface area (Å²) < 4.78 is 0. The van der Waals surface area contributed by atoms with E-state index >= 15 is 0 Å². The predicted octanol–water partition coefficient (Wildman–Crippen LogP) is 2.82. The molecular formula is C17H18N2O. The highest BCUT2D eigenvalue weighted by molar-refractivity contribution is 5.54. The first-order chi connectivity index (χ1) is 9.54. The normalized spacial score (nSPS) is 10.6. The van der Waals surface area contributed by atoms with Gasteiger partial charge in [0, 0.05) is 12.7 Å². The number of benzene rings is 1. The van der Waals surface area contributed by atoms with E-state index in [0.717, 1.165) is 11.4 Å². The molecule has 2 N–H and O–H groups in total. The SMILES string of the molecule is CC(C)(O)C#Cc1cccnc1NCc1ccccc1. The topological polar surface area (TPSA) is 45.2 Å². The monoisotopic (exact) mass is 266 g/mol. The summed E-state index contributed by atoms with van der Waals surface area (Å²) in [6.45, 7) is 4.01. The molecule has 0 bridgehead atoms. The fourth-order valence-electron chi connectivity index (χ4n) is 1.65. The van der Waals surface area contributed by atoms with Crippen molar-refractivity contribution >= 4 is 5.82 Å². The summed E-state index contributed by atoms with van der Waals surface area (Å²) in [7, 11) is 0. The Kier molecular flexibility index (Phi) is 4.39. The number of anilines is 1. The lowest BCUT2D eigenvalue weighted by Gasteiger charge is -2.09. The zero-order chi connectivity index (χ0) is 14.4. The average Bonchev–Trinajstić information content (AvgIpc) is 2.44. The van der Waals surface area contributed by atoms with Gasteiger partial charge in [0.25, 0.3) is 0 Å². The van der Waals surface area contributed by atoms with Crippen LogP contribution in [-0.2, 0) is 6.54 Å². The maximum absolute atomic E-state index is 9.66. The second kappa shape index (κ2) is 6.23. The van der Waals surface area contributed by atoms with Gasteiger partial charge in [-0.05, 0) is 31.5 Å². The Bertz CT molecular complexity index is 619. The quantitative estimate of drug-likeness (QED) is 0.840. The Labute approximate surface area is 119 Å². The van der Waals surface area contributed by atoms with E-state index in [1.807, 2.05) is 30.3 Å². The van der Waals surface area contributed by atoms with Gasteiger partial charge in [0.1, 0.15) is 11.4 Å². The first-order valence-corrected chi connectivity index (χ1v) is 6.53. The van der Waals surface area contributed by atoms with Crippen LogP contribution in [0.2, 0.25) is 0 Å². The van der Waals surface area contributed by atoms with Crippen molar-refractivity contribution in [3.05, 3.63) is 59.8 Å². The van der Waals surface area contributed by atoms with Crippen LogP contribution in [0.5, 0.6) is 0 Å². The fraction of sp³-hybridized carbons (Fsp3) is 0.235. The van der Waals surface area contributed by atoms with Gasteiger partial charge in [-0.2, -0.15) is 0 Å². The molecule has 3 nitrogen and oxygen atoms in total. The van der Waals surface area contributed by atoms with Gasteiger partial charge in [-0.1, -0.05) is 42.2 Å². The van der Waals surface area contributed by atoms with E-state index in [2.05, 4.69) is 34.3 Å². The van der Waals surface area contributed by atoms with Crippen LogP contribution in [0, 0.1) is 11.8 Å². The van der Waals surface area contributed by atoms with Crippen molar-refractivity contribution in [2.24, 2.45) is 0 Å². The minimum atomic E-state index is -1.01. The Morgan fingerprint density at radius 1 is 1.15 bits per heavy atom. The summed E-state index contributed by atoms with van der Waals surface area (Å²) in [5.74, 6) is 6.50. The van der Waals surface area contributed by atoms with Gasteiger partial charge in [0.15, 0.2) is 0 Å².